The number of phenolic OH excluding ortho intramolecular Hbond substituents is 2. The lowest BCUT2D eigenvalue weighted by molar-refractivity contribution is -0.0695. The predicted octanol–water partition coefficient (Wildman–Crippen LogP) is 6.13. The molecule has 0 aliphatic carbocycles. The zero-order valence-electron chi connectivity index (χ0n) is 19.9. The summed E-state index contributed by atoms with van der Waals surface area (Å²) in [4.78, 5) is 2.35. The Balaban J connectivity index is 1.48. The minimum atomic E-state index is -4.70. The van der Waals surface area contributed by atoms with E-state index in [0.717, 1.165) is 31.1 Å². The lowest BCUT2D eigenvalue weighted by Gasteiger charge is -2.33. The van der Waals surface area contributed by atoms with E-state index in [1.807, 2.05) is 11.8 Å². The van der Waals surface area contributed by atoms with E-state index in [4.69, 9.17) is 9.47 Å². The quantitative estimate of drug-likeness (QED) is 0.401. The molecule has 3 aromatic rings. The number of aromatic hydroxyl groups is 2. The van der Waals surface area contributed by atoms with Gasteiger partial charge in [-0.25, -0.2) is 0 Å². The summed E-state index contributed by atoms with van der Waals surface area (Å²) in [6.07, 6.45) is -5.80. The molecule has 1 fully saturated rings. The number of halogens is 3. The molecule has 5 rings (SSSR count). The van der Waals surface area contributed by atoms with Crippen molar-refractivity contribution in [2.45, 2.75) is 12.3 Å². The molecule has 2 aliphatic heterocycles. The summed E-state index contributed by atoms with van der Waals surface area (Å²) in [6, 6.07) is 16.0. The fourth-order valence-electron chi connectivity index (χ4n) is 4.61. The van der Waals surface area contributed by atoms with Crippen LogP contribution in [-0.4, -0.2) is 59.0 Å². The van der Waals surface area contributed by atoms with Crippen molar-refractivity contribution in [1.82, 2.24) is 4.90 Å². The van der Waals surface area contributed by atoms with Crippen LogP contribution in [0.3, 0.4) is 0 Å². The maximum absolute atomic E-state index is 14.5. The van der Waals surface area contributed by atoms with Crippen molar-refractivity contribution in [2.24, 2.45) is 0 Å². The van der Waals surface area contributed by atoms with Crippen molar-refractivity contribution < 1.29 is 32.9 Å². The third-order valence-electron chi connectivity index (χ3n) is 6.44. The van der Waals surface area contributed by atoms with Gasteiger partial charge in [0.25, 0.3) is 0 Å². The summed E-state index contributed by atoms with van der Waals surface area (Å²) in [7, 11) is 0. The van der Waals surface area contributed by atoms with Gasteiger partial charge in [0.2, 0.25) is 0 Å². The standard InChI is InChI=1S/C28H26F3NO4S/c29-28(30,31)26-23-10-7-21(34)17-24(23)36-27(25(26)18-1-5-20(33)6-2-18)19-3-8-22(9-4-19)35-14-11-32-12-15-37-16-13-32/h1-10,17,27,33-34H,11-16H2. The molecule has 0 bridgehead atoms. The second-order valence-corrected chi connectivity index (χ2v) is 10.1. The van der Waals surface area contributed by atoms with Crippen LogP contribution >= 0.6 is 11.8 Å². The Kier molecular flexibility index (Phi) is 7.26. The van der Waals surface area contributed by atoms with Gasteiger partial charge in [0.15, 0.2) is 6.10 Å². The van der Waals surface area contributed by atoms with Crippen molar-refractivity contribution in [2.75, 3.05) is 37.7 Å². The lowest BCUT2D eigenvalue weighted by Crippen LogP contribution is -2.35. The molecule has 2 heterocycles. The second-order valence-electron chi connectivity index (χ2n) is 8.88. The third kappa shape index (κ3) is 5.67. The van der Waals surface area contributed by atoms with E-state index in [2.05, 4.69) is 4.90 Å². The van der Waals surface area contributed by atoms with Crippen LogP contribution in [-0.2, 0) is 0 Å². The van der Waals surface area contributed by atoms with Crippen LogP contribution in [0.5, 0.6) is 23.0 Å². The predicted molar refractivity (Wildman–Crippen MR) is 138 cm³/mol. The molecule has 194 valence electrons. The highest BCUT2D eigenvalue weighted by Crippen LogP contribution is 2.53. The largest absolute Gasteiger partial charge is 0.508 e. The normalized spacial score (nSPS) is 18.3. The summed E-state index contributed by atoms with van der Waals surface area (Å²) in [5.41, 5.74) is -0.291. The van der Waals surface area contributed by atoms with E-state index < -0.39 is 17.9 Å². The number of hydrogen-bond donors (Lipinski definition) is 2. The highest BCUT2D eigenvalue weighted by atomic mass is 32.2. The maximum atomic E-state index is 14.5. The van der Waals surface area contributed by atoms with E-state index in [1.165, 1.54) is 42.5 Å². The Bertz CT molecular complexity index is 1270. The van der Waals surface area contributed by atoms with Gasteiger partial charge in [-0.2, -0.15) is 24.9 Å². The molecule has 0 spiro atoms. The molecule has 5 nitrogen and oxygen atoms in total. The molecule has 1 atom stereocenters. The number of nitrogens with zero attached hydrogens (tertiary/aromatic N) is 1. The van der Waals surface area contributed by atoms with Gasteiger partial charge in [0.05, 0.1) is 5.57 Å². The molecule has 37 heavy (non-hydrogen) atoms. The van der Waals surface area contributed by atoms with E-state index in [1.54, 1.807) is 24.3 Å². The first-order valence-electron chi connectivity index (χ1n) is 11.9. The highest BCUT2D eigenvalue weighted by molar-refractivity contribution is 7.99. The van der Waals surface area contributed by atoms with Crippen molar-refractivity contribution in [3.63, 3.8) is 0 Å². The number of allylic oxidation sites excluding steroid dienone is 1. The van der Waals surface area contributed by atoms with E-state index in [-0.39, 0.29) is 33.9 Å². The van der Waals surface area contributed by atoms with E-state index >= 15 is 0 Å². The number of fused-ring (bicyclic) bond motifs is 1. The van der Waals surface area contributed by atoms with E-state index in [9.17, 15) is 23.4 Å². The Morgan fingerprint density at radius 3 is 2.27 bits per heavy atom. The topological polar surface area (TPSA) is 62.2 Å². The highest BCUT2D eigenvalue weighted by Gasteiger charge is 2.44. The molecule has 3 aromatic carbocycles. The van der Waals surface area contributed by atoms with Gasteiger partial charge in [-0.1, -0.05) is 24.3 Å². The van der Waals surface area contributed by atoms with Crippen molar-refractivity contribution in [3.8, 4) is 23.0 Å². The smallest absolute Gasteiger partial charge is 0.417 e. The molecule has 2 N–H and O–H groups in total. The Hall–Kier alpha value is -3.30. The third-order valence-corrected chi connectivity index (χ3v) is 7.38. The number of phenols is 2. The van der Waals surface area contributed by atoms with Gasteiger partial charge in [0.1, 0.15) is 29.6 Å². The fourth-order valence-corrected chi connectivity index (χ4v) is 5.59. The monoisotopic (exact) mass is 529 g/mol. The molecule has 0 radical (unpaired) electrons. The van der Waals surface area contributed by atoms with Crippen molar-refractivity contribution >= 4 is 22.9 Å². The first-order chi connectivity index (χ1) is 17.8. The van der Waals surface area contributed by atoms with Gasteiger partial charge in [0, 0.05) is 48.3 Å². The van der Waals surface area contributed by atoms with Gasteiger partial charge in [-0.05, 0) is 47.5 Å². The van der Waals surface area contributed by atoms with E-state index in [0.29, 0.717) is 17.9 Å². The molecule has 1 unspecified atom stereocenters. The van der Waals surface area contributed by atoms with Crippen LogP contribution in [0.2, 0.25) is 0 Å². The number of hydrogen-bond acceptors (Lipinski definition) is 6. The van der Waals surface area contributed by atoms with Gasteiger partial charge < -0.3 is 19.7 Å². The second kappa shape index (κ2) is 10.6. The zero-order chi connectivity index (χ0) is 26.0. The molecular weight excluding hydrogens is 503 g/mol. The Morgan fingerprint density at radius 2 is 1.59 bits per heavy atom. The fraction of sp³-hybridized carbons (Fsp3) is 0.286. The van der Waals surface area contributed by atoms with Gasteiger partial charge in [-0.3, -0.25) is 4.90 Å². The number of thioether (sulfide) groups is 1. The maximum Gasteiger partial charge on any atom is 0.417 e. The number of ether oxygens (including phenoxy) is 2. The lowest BCUT2D eigenvalue weighted by atomic mass is 9.85. The molecular formula is C28H26F3NO4S. The molecule has 0 saturated carbocycles. The van der Waals surface area contributed by atoms with Crippen LogP contribution in [0.25, 0.3) is 11.1 Å². The molecule has 9 heteroatoms. The summed E-state index contributed by atoms with van der Waals surface area (Å²) >= 11 is 1.95. The Morgan fingerprint density at radius 1 is 0.919 bits per heavy atom. The minimum Gasteiger partial charge on any atom is -0.508 e. The van der Waals surface area contributed by atoms with Gasteiger partial charge >= 0.3 is 6.18 Å². The number of alkyl halides is 3. The summed E-state index contributed by atoms with van der Waals surface area (Å²) < 4.78 is 55.6. The average Bonchev–Trinajstić information content (AvgIpc) is 2.88. The van der Waals surface area contributed by atoms with Crippen LogP contribution in [0, 0.1) is 0 Å². The molecule has 1 saturated heterocycles. The summed E-state index contributed by atoms with van der Waals surface area (Å²) in [5, 5.41) is 19.7. The number of benzene rings is 3. The number of rotatable bonds is 6. The SMILES string of the molecule is Oc1ccc(C2=C(C(F)(F)F)c3ccc(O)cc3OC2c2ccc(OCCN3CCSCC3)cc2)cc1. The van der Waals surface area contributed by atoms with Crippen molar-refractivity contribution in [1.29, 1.82) is 0 Å². The summed E-state index contributed by atoms with van der Waals surface area (Å²) in [6.45, 7) is 3.42. The molecule has 0 aromatic heterocycles. The molecule has 2 aliphatic rings. The summed E-state index contributed by atoms with van der Waals surface area (Å²) in [5.74, 6) is 2.56. The Labute approximate surface area is 217 Å². The van der Waals surface area contributed by atoms with Crippen LogP contribution < -0.4 is 9.47 Å². The van der Waals surface area contributed by atoms with Crippen molar-refractivity contribution in [3.05, 3.63) is 83.4 Å². The van der Waals surface area contributed by atoms with Gasteiger partial charge in [-0.15, -0.1) is 0 Å². The average molecular weight is 530 g/mol. The minimum absolute atomic E-state index is 0.0543. The van der Waals surface area contributed by atoms with Crippen LogP contribution in [0.15, 0.2) is 66.7 Å². The first kappa shape index (κ1) is 25.4. The molecule has 0 amide bonds. The first-order valence-corrected chi connectivity index (χ1v) is 13.1. The zero-order valence-corrected chi connectivity index (χ0v) is 20.7. The van der Waals surface area contributed by atoms with Crippen LogP contribution in [0.1, 0.15) is 22.8 Å². The van der Waals surface area contributed by atoms with Crippen LogP contribution in [0.4, 0.5) is 13.2 Å².